The monoisotopic (exact) mass is 415 g/mol. The number of guanidine groups is 1. The minimum absolute atomic E-state index is 0.121. The fourth-order valence-electron chi connectivity index (χ4n) is 3.03. The van der Waals surface area contributed by atoms with E-state index in [-0.39, 0.29) is 11.9 Å². The molecule has 1 heterocycles. The van der Waals surface area contributed by atoms with Crippen LogP contribution in [-0.2, 0) is 20.5 Å². The Bertz CT molecular complexity index is 985. The first-order chi connectivity index (χ1) is 13.9. The Morgan fingerprint density at radius 1 is 1.14 bits per heavy atom. The van der Waals surface area contributed by atoms with E-state index in [4.69, 9.17) is 0 Å². The van der Waals surface area contributed by atoms with Crippen LogP contribution in [0.3, 0.4) is 0 Å². The van der Waals surface area contributed by atoms with Crippen molar-refractivity contribution in [2.75, 3.05) is 13.1 Å². The lowest BCUT2D eigenvalue weighted by Gasteiger charge is -2.32. The molecule has 6 nitrogen and oxygen atoms in total. The number of carbonyl (C=O) groups is 1. The first-order valence-electron chi connectivity index (χ1n) is 9.47. The van der Waals surface area contributed by atoms with Crippen LogP contribution < -0.4 is 5.32 Å². The third kappa shape index (κ3) is 5.20. The lowest BCUT2D eigenvalue weighted by molar-refractivity contribution is 0.0974. The highest BCUT2D eigenvalue weighted by Crippen LogP contribution is 2.27. The van der Waals surface area contributed by atoms with Gasteiger partial charge in [-0.3, -0.25) is 10.1 Å². The van der Waals surface area contributed by atoms with E-state index in [1.807, 2.05) is 6.07 Å². The second-order valence-corrected chi connectivity index (χ2v) is 8.35. The van der Waals surface area contributed by atoms with Crippen LogP contribution in [0, 0.1) is 5.82 Å². The maximum absolute atomic E-state index is 14.4. The van der Waals surface area contributed by atoms with Gasteiger partial charge in [-0.15, -0.1) is 0 Å². The van der Waals surface area contributed by atoms with Crippen molar-refractivity contribution in [2.45, 2.75) is 32.2 Å². The average Bonchev–Trinajstić information content (AvgIpc) is 2.92. The van der Waals surface area contributed by atoms with Crippen LogP contribution in [0.2, 0.25) is 0 Å². The fourth-order valence-corrected chi connectivity index (χ4v) is 3.97. The molecule has 0 aliphatic carbocycles. The molecule has 154 valence electrons. The minimum Gasteiger partial charge on any atom is -0.424 e. The third-order valence-corrected chi connectivity index (χ3v) is 5.71. The van der Waals surface area contributed by atoms with Gasteiger partial charge in [-0.25, -0.2) is 9.38 Å². The highest BCUT2D eigenvalue weighted by molar-refractivity contribution is 7.73. The number of aliphatic imine (C=N–C) groups is 1. The van der Waals surface area contributed by atoms with Crippen molar-refractivity contribution in [3.63, 3.8) is 0 Å². The number of amides is 1. The lowest BCUT2D eigenvalue weighted by Crippen LogP contribution is -2.45. The highest BCUT2D eigenvalue weighted by atomic mass is 32.2. The minimum atomic E-state index is -1.68. The van der Waals surface area contributed by atoms with Crippen LogP contribution in [0.5, 0.6) is 0 Å². The van der Waals surface area contributed by atoms with Crippen molar-refractivity contribution in [3.8, 4) is 0 Å². The van der Waals surface area contributed by atoms with Gasteiger partial charge in [0.2, 0.25) is 0 Å². The Kier molecular flexibility index (Phi) is 6.64. The van der Waals surface area contributed by atoms with E-state index in [1.165, 1.54) is 10.4 Å². The Morgan fingerprint density at radius 2 is 1.83 bits per heavy atom. The van der Waals surface area contributed by atoms with Gasteiger partial charge in [-0.05, 0) is 44.9 Å². The highest BCUT2D eigenvalue weighted by Gasteiger charge is 2.25. The smallest absolute Gasteiger partial charge is 0.257 e. The second kappa shape index (κ2) is 9.17. The molecule has 0 unspecified atom stereocenters. The van der Waals surface area contributed by atoms with Gasteiger partial charge < -0.3 is 12.9 Å². The fraction of sp³-hybridized carbons (Fsp3) is 0.333. The Hall–Kier alpha value is -2.74. The summed E-state index contributed by atoms with van der Waals surface area (Å²) in [6, 6.07) is 15.1. The van der Waals surface area contributed by atoms with Gasteiger partial charge in [0, 0.05) is 24.2 Å². The summed E-state index contributed by atoms with van der Waals surface area (Å²) >= 11 is 0. The Balaban J connectivity index is 2.02. The van der Waals surface area contributed by atoms with Crippen LogP contribution in [0.1, 0.15) is 42.6 Å². The van der Waals surface area contributed by atoms with Crippen molar-refractivity contribution in [3.05, 3.63) is 71.5 Å². The number of halogens is 1. The molecule has 1 amide bonds. The molecule has 2 aromatic carbocycles. The van der Waals surface area contributed by atoms with E-state index in [2.05, 4.69) is 14.7 Å². The lowest BCUT2D eigenvalue weighted by atomic mass is 9.94. The number of hydrogen-bond donors (Lipinski definition) is 1. The van der Waals surface area contributed by atoms with Gasteiger partial charge >= 0.3 is 0 Å². The first-order valence-corrected chi connectivity index (χ1v) is 10.5. The van der Waals surface area contributed by atoms with Crippen LogP contribution in [0.25, 0.3) is 0 Å². The van der Waals surface area contributed by atoms with Crippen molar-refractivity contribution < 1.29 is 13.4 Å². The molecule has 2 aromatic rings. The standard InChI is InChI=1S/C21H24FN4O2S/c1-21(2,17-12-6-7-13-18(17)22)25-20(26-15-9-8-14-23-29(26)28)24-19(27)16-10-4-3-5-11-16/h3-7,10-13H,8-9,14-15H2,1-2H3,(H,24,25,27)/q-1. The van der Waals surface area contributed by atoms with Crippen molar-refractivity contribution in [1.82, 2.24) is 9.62 Å². The summed E-state index contributed by atoms with van der Waals surface area (Å²) in [6.45, 7) is 4.41. The molecule has 3 rings (SSSR count). The van der Waals surface area contributed by atoms with Crippen molar-refractivity contribution in [2.24, 2.45) is 9.36 Å². The number of rotatable bonds is 3. The van der Waals surface area contributed by atoms with Crippen molar-refractivity contribution in [1.29, 1.82) is 0 Å². The van der Waals surface area contributed by atoms with E-state index in [0.717, 1.165) is 12.8 Å². The zero-order valence-electron chi connectivity index (χ0n) is 16.5. The quantitative estimate of drug-likeness (QED) is 0.467. The SMILES string of the molecule is CC(C)(N=C(NC(=O)c1ccccc1)N1CCCCN=[S-]1=O)c1ccccc1F. The molecule has 0 aromatic heterocycles. The van der Waals surface area contributed by atoms with E-state index in [1.54, 1.807) is 56.3 Å². The summed E-state index contributed by atoms with van der Waals surface area (Å²) < 4.78 is 32.6. The predicted molar refractivity (Wildman–Crippen MR) is 112 cm³/mol. The van der Waals surface area contributed by atoms with Crippen LogP contribution in [0.4, 0.5) is 4.39 Å². The molecule has 0 saturated carbocycles. The molecular weight excluding hydrogens is 391 g/mol. The molecule has 0 radical (unpaired) electrons. The first kappa shape index (κ1) is 21.0. The van der Waals surface area contributed by atoms with Crippen LogP contribution >= 0.6 is 0 Å². The third-order valence-electron chi connectivity index (χ3n) is 4.58. The number of carbonyl (C=O) groups excluding carboxylic acids is 1. The summed E-state index contributed by atoms with van der Waals surface area (Å²) in [6.07, 6.45) is 1.56. The van der Waals surface area contributed by atoms with E-state index in [9.17, 15) is 13.4 Å². The molecule has 1 aliphatic heterocycles. The van der Waals surface area contributed by atoms with Crippen molar-refractivity contribution >= 4 is 22.6 Å². The summed E-state index contributed by atoms with van der Waals surface area (Å²) in [7, 11) is -1.68. The Labute approximate surface area is 172 Å². The average molecular weight is 416 g/mol. The van der Waals surface area contributed by atoms with Gasteiger partial charge in [-0.2, -0.15) is 0 Å². The molecule has 8 heteroatoms. The molecule has 0 saturated heterocycles. The molecule has 0 bridgehead atoms. The number of nitrogens with zero attached hydrogens (tertiary/aromatic N) is 3. The molecule has 1 N–H and O–H groups in total. The van der Waals surface area contributed by atoms with Gasteiger partial charge in [0.1, 0.15) is 5.82 Å². The summed E-state index contributed by atoms with van der Waals surface area (Å²) in [5.41, 5.74) is -0.174. The van der Waals surface area contributed by atoms with Crippen LogP contribution in [-0.4, -0.2) is 29.3 Å². The zero-order valence-corrected chi connectivity index (χ0v) is 17.3. The molecule has 29 heavy (non-hydrogen) atoms. The number of hydrogen-bond acceptors (Lipinski definition) is 5. The molecular formula is C21H24FN4O2S-. The molecule has 1 aliphatic rings. The van der Waals surface area contributed by atoms with Crippen LogP contribution in [0.15, 0.2) is 64.0 Å². The largest absolute Gasteiger partial charge is 0.424 e. The maximum atomic E-state index is 14.4. The summed E-state index contributed by atoms with van der Waals surface area (Å²) in [5, 5.41) is 2.77. The van der Waals surface area contributed by atoms with E-state index < -0.39 is 22.1 Å². The second-order valence-electron chi connectivity index (χ2n) is 7.19. The zero-order chi connectivity index (χ0) is 20.9. The normalized spacial score (nSPS) is 16.1. The molecule has 0 spiro atoms. The number of nitrogens with one attached hydrogen (secondary N) is 1. The molecule has 0 atom stereocenters. The summed E-state index contributed by atoms with van der Waals surface area (Å²) in [4.78, 5) is 17.4. The van der Waals surface area contributed by atoms with Gasteiger partial charge in [0.05, 0.1) is 5.54 Å². The van der Waals surface area contributed by atoms with E-state index in [0.29, 0.717) is 24.2 Å². The predicted octanol–water partition coefficient (Wildman–Crippen LogP) is 4.01. The summed E-state index contributed by atoms with van der Waals surface area (Å²) in [5.74, 6) is -0.650. The number of benzene rings is 2. The maximum Gasteiger partial charge on any atom is 0.257 e. The van der Waals surface area contributed by atoms with Gasteiger partial charge in [0.25, 0.3) is 5.91 Å². The molecule has 0 fully saturated rings. The van der Waals surface area contributed by atoms with Gasteiger partial charge in [-0.1, -0.05) is 47.2 Å². The van der Waals surface area contributed by atoms with Gasteiger partial charge in [0.15, 0.2) is 5.96 Å². The Morgan fingerprint density at radius 3 is 2.55 bits per heavy atom. The topological polar surface area (TPSA) is 74.1 Å². The van der Waals surface area contributed by atoms with E-state index >= 15 is 0 Å².